The number of thioether (sulfide) groups is 1. The van der Waals surface area contributed by atoms with Gasteiger partial charge in [0.05, 0.1) is 12.1 Å². The van der Waals surface area contributed by atoms with Crippen LogP contribution in [0.2, 0.25) is 0 Å². The number of aryl methyl sites for hydroxylation is 1. The zero-order valence-electron chi connectivity index (χ0n) is 9.14. The van der Waals surface area contributed by atoms with Crippen LogP contribution < -0.4 is 0 Å². The predicted octanol–water partition coefficient (Wildman–Crippen LogP) is 2.13. The van der Waals surface area contributed by atoms with Crippen molar-refractivity contribution in [3.8, 4) is 0 Å². The van der Waals surface area contributed by atoms with Gasteiger partial charge < -0.3 is 5.11 Å². The molecular weight excluding hydrogens is 224 g/mol. The first-order valence-electron chi connectivity index (χ1n) is 5.25. The Morgan fingerprint density at radius 3 is 2.75 bits per heavy atom. The second-order valence-electron chi connectivity index (χ2n) is 4.37. The smallest absolute Gasteiger partial charge is 0.303 e. The van der Waals surface area contributed by atoms with E-state index in [0.717, 1.165) is 29.3 Å². The summed E-state index contributed by atoms with van der Waals surface area (Å²) in [5.41, 5.74) is 0.916. The van der Waals surface area contributed by atoms with Crippen molar-refractivity contribution in [2.75, 3.05) is 5.75 Å². The molecule has 0 atom stereocenters. The minimum absolute atomic E-state index is 0.0169. The molecule has 86 valence electrons. The molecule has 0 aromatic carbocycles. The Labute approximate surface area is 98.5 Å². The van der Waals surface area contributed by atoms with E-state index in [0.29, 0.717) is 0 Å². The maximum absolute atomic E-state index is 10.7. The standard InChI is InChI=1S/C11H14N2O2S/c1-8-2-3-9(13-12-8)16-7-11(4-5-11)6-10(14)15/h2-3H,4-7H2,1H3,(H,14,15). The number of rotatable bonds is 5. The topological polar surface area (TPSA) is 63.1 Å². The average Bonchev–Trinajstić information content (AvgIpc) is 2.97. The number of carbonyl (C=O) groups is 1. The Balaban J connectivity index is 1.87. The van der Waals surface area contributed by atoms with Gasteiger partial charge in [-0.05, 0) is 37.3 Å². The molecule has 1 fully saturated rings. The van der Waals surface area contributed by atoms with Gasteiger partial charge in [-0.25, -0.2) is 0 Å². The SMILES string of the molecule is Cc1ccc(SCC2(CC(=O)O)CC2)nn1. The van der Waals surface area contributed by atoms with Crippen molar-refractivity contribution in [1.29, 1.82) is 0 Å². The van der Waals surface area contributed by atoms with Crippen LogP contribution in [0.4, 0.5) is 0 Å². The van der Waals surface area contributed by atoms with Crippen molar-refractivity contribution in [3.63, 3.8) is 0 Å². The number of aromatic nitrogens is 2. The van der Waals surface area contributed by atoms with Gasteiger partial charge in [0.15, 0.2) is 0 Å². The highest BCUT2D eigenvalue weighted by atomic mass is 32.2. The molecule has 16 heavy (non-hydrogen) atoms. The van der Waals surface area contributed by atoms with Crippen LogP contribution in [0.25, 0.3) is 0 Å². The van der Waals surface area contributed by atoms with Crippen molar-refractivity contribution in [1.82, 2.24) is 10.2 Å². The van der Waals surface area contributed by atoms with Gasteiger partial charge in [0.1, 0.15) is 5.03 Å². The Hall–Kier alpha value is -1.10. The lowest BCUT2D eigenvalue weighted by Gasteiger charge is -2.10. The third-order valence-electron chi connectivity index (χ3n) is 2.78. The van der Waals surface area contributed by atoms with Crippen LogP contribution in [0.15, 0.2) is 17.2 Å². The van der Waals surface area contributed by atoms with E-state index in [9.17, 15) is 4.79 Å². The lowest BCUT2D eigenvalue weighted by molar-refractivity contribution is -0.138. The van der Waals surface area contributed by atoms with E-state index in [-0.39, 0.29) is 11.8 Å². The molecular formula is C11H14N2O2S. The molecule has 5 heteroatoms. The normalized spacial score (nSPS) is 17.1. The number of aliphatic carboxylic acids is 1. The van der Waals surface area contributed by atoms with Crippen molar-refractivity contribution in [2.24, 2.45) is 5.41 Å². The van der Waals surface area contributed by atoms with Crippen molar-refractivity contribution in [2.45, 2.75) is 31.2 Å². The van der Waals surface area contributed by atoms with E-state index < -0.39 is 5.97 Å². The molecule has 0 saturated heterocycles. The monoisotopic (exact) mass is 238 g/mol. The van der Waals surface area contributed by atoms with Gasteiger partial charge >= 0.3 is 5.97 Å². The van der Waals surface area contributed by atoms with Crippen LogP contribution in [0.3, 0.4) is 0 Å². The molecule has 1 aliphatic carbocycles. The van der Waals surface area contributed by atoms with Crippen LogP contribution in [0, 0.1) is 12.3 Å². The molecule has 0 bridgehead atoms. The molecule has 0 unspecified atom stereocenters. The number of hydrogen-bond acceptors (Lipinski definition) is 4. The van der Waals surface area contributed by atoms with Crippen LogP contribution in [0.1, 0.15) is 25.0 Å². The van der Waals surface area contributed by atoms with E-state index in [1.54, 1.807) is 11.8 Å². The highest BCUT2D eigenvalue weighted by molar-refractivity contribution is 7.99. The first kappa shape index (κ1) is 11.4. The molecule has 0 aliphatic heterocycles. The molecule has 0 radical (unpaired) electrons. The minimum atomic E-state index is -0.701. The second-order valence-corrected chi connectivity index (χ2v) is 5.37. The van der Waals surface area contributed by atoms with Crippen molar-refractivity contribution < 1.29 is 9.90 Å². The van der Waals surface area contributed by atoms with Gasteiger partial charge in [-0.2, -0.15) is 5.10 Å². The first-order chi connectivity index (χ1) is 7.60. The van der Waals surface area contributed by atoms with Gasteiger partial charge in [-0.3, -0.25) is 4.79 Å². The molecule has 1 aromatic heterocycles. The lowest BCUT2D eigenvalue weighted by atomic mass is 10.1. The average molecular weight is 238 g/mol. The quantitative estimate of drug-likeness (QED) is 0.796. The summed E-state index contributed by atoms with van der Waals surface area (Å²) in [7, 11) is 0. The Morgan fingerprint density at radius 1 is 1.50 bits per heavy atom. The molecule has 4 nitrogen and oxygen atoms in total. The van der Waals surface area contributed by atoms with E-state index >= 15 is 0 Å². The zero-order valence-corrected chi connectivity index (χ0v) is 9.96. The fourth-order valence-electron chi connectivity index (χ4n) is 1.56. The molecule has 1 saturated carbocycles. The molecule has 1 heterocycles. The lowest BCUT2D eigenvalue weighted by Crippen LogP contribution is -2.11. The van der Waals surface area contributed by atoms with Gasteiger partial charge in [0.2, 0.25) is 0 Å². The maximum Gasteiger partial charge on any atom is 0.303 e. The fraction of sp³-hybridized carbons (Fsp3) is 0.545. The van der Waals surface area contributed by atoms with Crippen LogP contribution in [-0.4, -0.2) is 27.0 Å². The summed E-state index contributed by atoms with van der Waals surface area (Å²) in [5, 5.41) is 17.7. The second kappa shape index (κ2) is 4.41. The van der Waals surface area contributed by atoms with Crippen LogP contribution in [-0.2, 0) is 4.79 Å². The number of carboxylic acids is 1. The third kappa shape index (κ3) is 2.95. The highest BCUT2D eigenvalue weighted by Gasteiger charge is 2.44. The molecule has 2 rings (SSSR count). The summed E-state index contributed by atoms with van der Waals surface area (Å²) in [6.45, 7) is 1.90. The summed E-state index contributed by atoms with van der Waals surface area (Å²) >= 11 is 1.60. The molecule has 1 N–H and O–H groups in total. The predicted molar refractivity (Wildman–Crippen MR) is 61.4 cm³/mol. The maximum atomic E-state index is 10.7. The van der Waals surface area contributed by atoms with Crippen LogP contribution >= 0.6 is 11.8 Å². The van der Waals surface area contributed by atoms with Crippen LogP contribution in [0.5, 0.6) is 0 Å². The fourth-order valence-corrected chi connectivity index (χ4v) is 2.67. The summed E-state index contributed by atoms with van der Waals surface area (Å²) in [4.78, 5) is 10.7. The Kier molecular flexibility index (Phi) is 3.14. The number of carboxylic acid groups (broad SMARTS) is 1. The van der Waals surface area contributed by atoms with E-state index in [4.69, 9.17) is 5.11 Å². The van der Waals surface area contributed by atoms with Gasteiger partial charge in [-0.1, -0.05) is 0 Å². The van der Waals surface area contributed by atoms with Gasteiger partial charge in [-0.15, -0.1) is 16.9 Å². The molecule has 1 aromatic rings. The van der Waals surface area contributed by atoms with Crippen molar-refractivity contribution in [3.05, 3.63) is 17.8 Å². The summed E-state index contributed by atoms with van der Waals surface area (Å²) in [6, 6.07) is 3.86. The number of nitrogens with zero attached hydrogens (tertiary/aromatic N) is 2. The summed E-state index contributed by atoms with van der Waals surface area (Å²) in [6.07, 6.45) is 2.32. The van der Waals surface area contributed by atoms with Crippen molar-refractivity contribution >= 4 is 17.7 Å². The Morgan fingerprint density at radius 2 is 2.25 bits per heavy atom. The first-order valence-corrected chi connectivity index (χ1v) is 6.23. The van der Waals surface area contributed by atoms with Gasteiger partial charge in [0.25, 0.3) is 0 Å². The molecule has 1 aliphatic rings. The Bertz CT molecular complexity index is 387. The summed E-state index contributed by atoms with van der Waals surface area (Å²) in [5.74, 6) is 0.130. The minimum Gasteiger partial charge on any atom is -0.481 e. The zero-order chi connectivity index (χ0) is 11.6. The largest absolute Gasteiger partial charge is 0.481 e. The molecule has 0 amide bonds. The van der Waals surface area contributed by atoms with Gasteiger partial charge in [0, 0.05) is 5.75 Å². The number of hydrogen-bond donors (Lipinski definition) is 1. The summed E-state index contributed by atoms with van der Waals surface area (Å²) < 4.78 is 0. The third-order valence-corrected chi connectivity index (χ3v) is 4.05. The van der Waals surface area contributed by atoms with E-state index in [2.05, 4.69) is 10.2 Å². The molecule has 0 spiro atoms. The van der Waals surface area contributed by atoms with E-state index in [1.807, 2.05) is 19.1 Å². The highest BCUT2D eigenvalue weighted by Crippen LogP contribution is 2.51. The van der Waals surface area contributed by atoms with E-state index in [1.165, 1.54) is 0 Å².